The number of aliphatic hydroxyl groups is 1. The van der Waals surface area contributed by atoms with Crippen LogP contribution in [0.4, 0.5) is 5.69 Å². The van der Waals surface area contributed by atoms with E-state index in [1.165, 1.54) is 12.8 Å². The molecule has 0 bridgehead atoms. The van der Waals surface area contributed by atoms with Crippen LogP contribution in [-0.2, 0) is 4.74 Å². The van der Waals surface area contributed by atoms with Crippen LogP contribution in [0.25, 0.3) is 0 Å². The fourth-order valence-electron chi connectivity index (χ4n) is 3.72. The van der Waals surface area contributed by atoms with Gasteiger partial charge in [-0.2, -0.15) is 0 Å². The monoisotopic (exact) mass is 334 g/mol. The molecule has 5 nitrogen and oxygen atoms in total. The number of hydrogen-bond donors (Lipinski definition) is 1. The fraction of sp³-hybridized carbons (Fsp3) is 0.684. The lowest BCUT2D eigenvalue weighted by Gasteiger charge is -2.37. The maximum atomic E-state index is 10.2. The Morgan fingerprint density at radius 2 is 1.83 bits per heavy atom. The Kier molecular flexibility index (Phi) is 6.35. The second-order valence-electron chi connectivity index (χ2n) is 6.85. The SMILES string of the molecule is COc1ccccc1N1CCN(C[C@H](O)COC2CCCC2)CC1. The van der Waals surface area contributed by atoms with Crippen LogP contribution >= 0.6 is 0 Å². The molecule has 0 amide bonds. The molecule has 1 saturated heterocycles. The first kappa shape index (κ1) is 17.5. The van der Waals surface area contributed by atoms with Crippen molar-refractivity contribution < 1.29 is 14.6 Å². The fourth-order valence-corrected chi connectivity index (χ4v) is 3.72. The smallest absolute Gasteiger partial charge is 0.142 e. The van der Waals surface area contributed by atoms with Crippen molar-refractivity contribution in [1.29, 1.82) is 0 Å². The summed E-state index contributed by atoms with van der Waals surface area (Å²) in [4.78, 5) is 4.69. The highest BCUT2D eigenvalue weighted by molar-refractivity contribution is 5.58. The second-order valence-corrected chi connectivity index (χ2v) is 6.85. The number of benzene rings is 1. The van der Waals surface area contributed by atoms with Crippen LogP contribution in [0.2, 0.25) is 0 Å². The summed E-state index contributed by atoms with van der Waals surface area (Å²) in [5, 5.41) is 10.2. The average Bonchev–Trinajstić information content (AvgIpc) is 3.14. The van der Waals surface area contributed by atoms with Crippen LogP contribution in [0.5, 0.6) is 5.75 Å². The summed E-state index contributed by atoms with van der Waals surface area (Å²) in [6, 6.07) is 8.16. The first-order valence-electron chi connectivity index (χ1n) is 9.16. The number of anilines is 1. The van der Waals surface area contributed by atoms with Crippen LogP contribution in [-0.4, -0.2) is 68.7 Å². The molecule has 1 aromatic carbocycles. The molecule has 0 radical (unpaired) electrons. The average molecular weight is 334 g/mol. The van der Waals surface area contributed by atoms with Crippen molar-refractivity contribution in [2.24, 2.45) is 0 Å². The predicted octanol–water partition coefficient (Wildman–Crippen LogP) is 2.14. The molecule has 1 N–H and O–H groups in total. The van der Waals surface area contributed by atoms with E-state index in [1.807, 2.05) is 18.2 Å². The Bertz CT molecular complexity index is 497. The maximum absolute atomic E-state index is 10.2. The Labute approximate surface area is 145 Å². The summed E-state index contributed by atoms with van der Waals surface area (Å²) in [6.07, 6.45) is 4.84. The van der Waals surface area contributed by atoms with Gasteiger partial charge in [0.25, 0.3) is 0 Å². The van der Waals surface area contributed by atoms with E-state index in [9.17, 15) is 5.11 Å². The van der Waals surface area contributed by atoms with Gasteiger partial charge in [-0.15, -0.1) is 0 Å². The van der Waals surface area contributed by atoms with E-state index >= 15 is 0 Å². The first-order chi connectivity index (χ1) is 11.8. The summed E-state index contributed by atoms with van der Waals surface area (Å²) >= 11 is 0. The quantitative estimate of drug-likeness (QED) is 0.828. The summed E-state index contributed by atoms with van der Waals surface area (Å²) in [6.45, 7) is 4.99. The number of ether oxygens (including phenoxy) is 2. The highest BCUT2D eigenvalue weighted by Gasteiger charge is 2.22. The molecule has 0 aromatic heterocycles. The maximum Gasteiger partial charge on any atom is 0.142 e. The summed E-state index contributed by atoms with van der Waals surface area (Å²) in [5.41, 5.74) is 1.16. The molecule has 1 aliphatic heterocycles. The minimum absolute atomic E-state index is 0.377. The summed E-state index contributed by atoms with van der Waals surface area (Å²) in [5.74, 6) is 0.927. The van der Waals surface area contributed by atoms with Crippen LogP contribution < -0.4 is 9.64 Å². The van der Waals surface area contributed by atoms with Gasteiger partial charge in [-0.3, -0.25) is 4.90 Å². The van der Waals surface area contributed by atoms with Crippen molar-refractivity contribution in [3.8, 4) is 5.75 Å². The number of hydrogen-bond acceptors (Lipinski definition) is 5. The molecule has 5 heteroatoms. The van der Waals surface area contributed by atoms with Gasteiger partial charge in [-0.05, 0) is 25.0 Å². The molecule has 24 heavy (non-hydrogen) atoms. The predicted molar refractivity (Wildman–Crippen MR) is 95.9 cm³/mol. The van der Waals surface area contributed by atoms with Crippen molar-refractivity contribution in [3.05, 3.63) is 24.3 Å². The van der Waals surface area contributed by atoms with Gasteiger partial charge in [0.1, 0.15) is 5.75 Å². The van der Waals surface area contributed by atoms with Gasteiger partial charge in [0.15, 0.2) is 0 Å². The van der Waals surface area contributed by atoms with E-state index in [2.05, 4.69) is 15.9 Å². The van der Waals surface area contributed by atoms with Crippen LogP contribution in [0.15, 0.2) is 24.3 Å². The summed E-state index contributed by atoms with van der Waals surface area (Å²) < 4.78 is 11.3. The molecule has 1 saturated carbocycles. The Hall–Kier alpha value is -1.30. The van der Waals surface area contributed by atoms with Gasteiger partial charge in [-0.25, -0.2) is 0 Å². The number of β-amino-alcohol motifs (C(OH)–C–C–N with tert-alkyl or cyclic N) is 1. The van der Waals surface area contributed by atoms with Gasteiger partial charge in [0.05, 0.1) is 31.6 Å². The van der Waals surface area contributed by atoms with E-state index in [1.54, 1.807) is 7.11 Å². The molecule has 134 valence electrons. The van der Waals surface area contributed by atoms with Gasteiger partial charge in [0.2, 0.25) is 0 Å². The van der Waals surface area contributed by atoms with E-state index in [0.29, 0.717) is 19.3 Å². The zero-order chi connectivity index (χ0) is 16.8. The van der Waals surface area contributed by atoms with E-state index in [0.717, 1.165) is 50.5 Å². The minimum Gasteiger partial charge on any atom is -0.495 e. The molecule has 1 atom stereocenters. The normalized spacial score (nSPS) is 21.2. The molecule has 0 spiro atoms. The van der Waals surface area contributed by atoms with Crippen LogP contribution in [0.1, 0.15) is 25.7 Å². The van der Waals surface area contributed by atoms with Crippen molar-refractivity contribution >= 4 is 5.69 Å². The molecule has 1 aromatic rings. The molecule has 2 fully saturated rings. The number of aliphatic hydroxyl groups excluding tert-OH is 1. The molecule has 1 aliphatic carbocycles. The summed E-state index contributed by atoms with van der Waals surface area (Å²) in [7, 11) is 1.72. The third kappa shape index (κ3) is 4.62. The lowest BCUT2D eigenvalue weighted by molar-refractivity contribution is -0.0188. The molecule has 1 heterocycles. The number of piperazine rings is 1. The number of methoxy groups -OCH3 is 1. The lowest BCUT2D eigenvalue weighted by atomic mass is 10.2. The third-order valence-electron chi connectivity index (χ3n) is 5.09. The highest BCUT2D eigenvalue weighted by Crippen LogP contribution is 2.28. The minimum atomic E-state index is -0.386. The molecular formula is C19H30N2O3. The highest BCUT2D eigenvalue weighted by atomic mass is 16.5. The molecule has 3 rings (SSSR count). The molecular weight excluding hydrogens is 304 g/mol. The molecule has 0 unspecified atom stereocenters. The first-order valence-corrected chi connectivity index (χ1v) is 9.16. The van der Waals surface area contributed by atoms with Crippen molar-refractivity contribution in [2.75, 3.05) is 51.3 Å². The van der Waals surface area contributed by atoms with Gasteiger partial charge < -0.3 is 19.5 Å². The number of nitrogens with zero attached hydrogens (tertiary/aromatic N) is 2. The van der Waals surface area contributed by atoms with E-state index < -0.39 is 0 Å². The zero-order valence-corrected chi connectivity index (χ0v) is 14.7. The largest absolute Gasteiger partial charge is 0.495 e. The van der Waals surface area contributed by atoms with Crippen LogP contribution in [0, 0.1) is 0 Å². The topological polar surface area (TPSA) is 45.2 Å². The van der Waals surface area contributed by atoms with Gasteiger partial charge >= 0.3 is 0 Å². The Balaban J connectivity index is 1.41. The Morgan fingerprint density at radius 3 is 2.54 bits per heavy atom. The second kappa shape index (κ2) is 8.70. The molecule has 2 aliphatic rings. The van der Waals surface area contributed by atoms with E-state index in [-0.39, 0.29) is 6.10 Å². The van der Waals surface area contributed by atoms with Gasteiger partial charge in [0, 0.05) is 32.7 Å². The number of rotatable bonds is 7. The van der Waals surface area contributed by atoms with Crippen LogP contribution in [0.3, 0.4) is 0 Å². The van der Waals surface area contributed by atoms with Crippen molar-refractivity contribution in [1.82, 2.24) is 4.90 Å². The third-order valence-corrected chi connectivity index (χ3v) is 5.09. The van der Waals surface area contributed by atoms with Crippen molar-refractivity contribution in [3.63, 3.8) is 0 Å². The van der Waals surface area contributed by atoms with Gasteiger partial charge in [-0.1, -0.05) is 25.0 Å². The standard InChI is InChI=1S/C19H30N2O3/c1-23-19-9-5-4-8-18(19)21-12-10-20(11-13-21)14-16(22)15-24-17-6-2-3-7-17/h4-5,8-9,16-17,22H,2-3,6-7,10-15H2,1H3/t16-/m0/s1. The van der Waals surface area contributed by atoms with E-state index in [4.69, 9.17) is 9.47 Å². The number of para-hydroxylation sites is 2. The van der Waals surface area contributed by atoms with Crippen molar-refractivity contribution in [2.45, 2.75) is 37.9 Å². The lowest BCUT2D eigenvalue weighted by Crippen LogP contribution is -2.49. The zero-order valence-electron chi connectivity index (χ0n) is 14.7. The Morgan fingerprint density at radius 1 is 1.12 bits per heavy atom.